The molecule has 0 amide bonds. The Kier molecular flexibility index (Phi) is 4.70. The van der Waals surface area contributed by atoms with E-state index in [0.717, 1.165) is 30.1 Å². The van der Waals surface area contributed by atoms with Gasteiger partial charge in [-0.2, -0.15) is 10.2 Å². The SMILES string of the molecule is CCc1nnc(C)cc1C(N)CC1CCCCC1. The van der Waals surface area contributed by atoms with E-state index < -0.39 is 0 Å². The highest BCUT2D eigenvalue weighted by Crippen LogP contribution is 2.31. The van der Waals surface area contributed by atoms with Crippen LogP contribution in [0.5, 0.6) is 0 Å². The molecule has 1 aromatic rings. The zero-order chi connectivity index (χ0) is 13.0. The maximum absolute atomic E-state index is 6.40. The van der Waals surface area contributed by atoms with Gasteiger partial charge in [0, 0.05) is 6.04 Å². The summed E-state index contributed by atoms with van der Waals surface area (Å²) >= 11 is 0. The van der Waals surface area contributed by atoms with Crippen LogP contribution in [0.1, 0.15) is 68.4 Å². The van der Waals surface area contributed by atoms with E-state index in [0.29, 0.717) is 0 Å². The Bertz CT molecular complexity index is 383. The Balaban J connectivity index is 2.07. The minimum Gasteiger partial charge on any atom is -0.324 e. The number of rotatable bonds is 4. The second-order valence-corrected chi connectivity index (χ2v) is 5.59. The number of aromatic nitrogens is 2. The van der Waals surface area contributed by atoms with Crippen molar-refractivity contribution in [1.82, 2.24) is 10.2 Å². The van der Waals surface area contributed by atoms with Crippen molar-refractivity contribution >= 4 is 0 Å². The van der Waals surface area contributed by atoms with Crippen molar-refractivity contribution in [1.29, 1.82) is 0 Å². The maximum Gasteiger partial charge on any atom is 0.0676 e. The molecule has 2 rings (SSSR count). The molecule has 1 aliphatic rings. The van der Waals surface area contributed by atoms with E-state index in [1.54, 1.807) is 0 Å². The second kappa shape index (κ2) is 6.28. The molecule has 1 saturated carbocycles. The molecule has 0 radical (unpaired) electrons. The van der Waals surface area contributed by atoms with Crippen molar-refractivity contribution in [2.24, 2.45) is 11.7 Å². The largest absolute Gasteiger partial charge is 0.324 e. The number of hydrogen-bond donors (Lipinski definition) is 1. The lowest BCUT2D eigenvalue weighted by atomic mass is 9.83. The molecule has 1 aromatic heterocycles. The van der Waals surface area contributed by atoms with E-state index >= 15 is 0 Å². The summed E-state index contributed by atoms with van der Waals surface area (Å²) in [5.74, 6) is 0.812. The summed E-state index contributed by atoms with van der Waals surface area (Å²) in [6.45, 7) is 4.11. The molecule has 100 valence electrons. The van der Waals surface area contributed by atoms with Crippen LogP contribution in [0.15, 0.2) is 6.07 Å². The molecule has 2 N–H and O–H groups in total. The first kappa shape index (κ1) is 13.5. The Morgan fingerprint density at radius 1 is 1.28 bits per heavy atom. The van der Waals surface area contributed by atoms with Gasteiger partial charge in [-0.1, -0.05) is 39.0 Å². The summed E-state index contributed by atoms with van der Waals surface area (Å²) in [6, 6.07) is 2.26. The second-order valence-electron chi connectivity index (χ2n) is 5.59. The van der Waals surface area contributed by atoms with E-state index in [9.17, 15) is 0 Å². The predicted molar refractivity (Wildman–Crippen MR) is 74.3 cm³/mol. The van der Waals surface area contributed by atoms with Crippen LogP contribution in [0.25, 0.3) is 0 Å². The molecule has 0 aromatic carbocycles. The summed E-state index contributed by atoms with van der Waals surface area (Å²) < 4.78 is 0. The van der Waals surface area contributed by atoms with Crippen LogP contribution >= 0.6 is 0 Å². The molecule has 0 aliphatic heterocycles. The number of aryl methyl sites for hydroxylation is 2. The third-order valence-electron chi connectivity index (χ3n) is 4.07. The molecule has 0 saturated heterocycles. The molecule has 1 atom stereocenters. The molecule has 0 bridgehead atoms. The molecule has 18 heavy (non-hydrogen) atoms. The Morgan fingerprint density at radius 2 is 2.00 bits per heavy atom. The molecule has 3 heteroatoms. The summed E-state index contributed by atoms with van der Waals surface area (Å²) in [4.78, 5) is 0. The summed E-state index contributed by atoms with van der Waals surface area (Å²) in [5.41, 5.74) is 9.67. The molecular weight excluding hydrogens is 222 g/mol. The Morgan fingerprint density at radius 3 is 2.67 bits per heavy atom. The normalized spacial score (nSPS) is 18.8. The van der Waals surface area contributed by atoms with Crippen LogP contribution < -0.4 is 5.73 Å². The average Bonchev–Trinajstić information content (AvgIpc) is 2.40. The molecule has 1 fully saturated rings. The molecule has 1 unspecified atom stereocenters. The molecular formula is C15H25N3. The topological polar surface area (TPSA) is 51.8 Å². The lowest BCUT2D eigenvalue weighted by Crippen LogP contribution is -2.19. The van der Waals surface area contributed by atoms with Gasteiger partial charge in [-0.25, -0.2) is 0 Å². The zero-order valence-corrected chi connectivity index (χ0v) is 11.7. The van der Waals surface area contributed by atoms with Gasteiger partial charge in [-0.15, -0.1) is 0 Å². The van der Waals surface area contributed by atoms with Gasteiger partial charge in [0.15, 0.2) is 0 Å². The zero-order valence-electron chi connectivity index (χ0n) is 11.7. The van der Waals surface area contributed by atoms with Gasteiger partial charge in [0.05, 0.1) is 11.4 Å². The van der Waals surface area contributed by atoms with Gasteiger partial charge in [-0.05, 0) is 37.3 Å². The fourth-order valence-electron chi connectivity index (χ4n) is 3.04. The first-order valence-electron chi connectivity index (χ1n) is 7.29. The van der Waals surface area contributed by atoms with Crippen LogP contribution in [-0.2, 0) is 6.42 Å². The standard InChI is InChI=1S/C15H25N3/c1-3-15-13(9-11(2)17-18-15)14(16)10-12-7-5-4-6-8-12/h9,12,14H,3-8,10,16H2,1-2H3. The first-order chi connectivity index (χ1) is 8.70. The predicted octanol–water partition coefficient (Wildman–Crippen LogP) is 3.32. The van der Waals surface area contributed by atoms with Crippen molar-refractivity contribution in [2.75, 3.05) is 0 Å². The summed E-state index contributed by atoms with van der Waals surface area (Å²) in [6.07, 6.45) is 8.90. The van der Waals surface area contributed by atoms with Gasteiger partial charge in [0.25, 0.3) is 0 Å². The Hall–Kier alpha value is -0.960. The molecule has 1 aliphatic carbocycles. The van der Waals surface area contributed by atoms with Crippen molar-refractivity contribution in [3.8, 4) is 0 Å². The maximum atomic E-state index is 6.40. The van der Waals surface area contributed by atoms with Crippen molar-refractivity contribution in [3.63, 3.8) is 0 Å². The lowest BCUT2D eigenvalue weighted by molar-refractivity contribution is 0.318. The van der Waals surface area contributed by atoms with Crippen molar-refractivity contribution in [3.05, 3.63) is 23.0 Å². The third-order valence-corrected chi connectivity index (χ3v) is 4.07. The van der Waals surface area contributed by atoms with Crippen molar-refractivity contribution in [2.45, 2.75) is 64.8 Å². The quantitative estimate of drug-likeness (QED) is 0.888. The van der Waals surface area contributed by atoms with Gasteiger partial charge in [0.1, 0.15) is 0 Å². The van der Waals surface area contributed by atoms with Gasteiger partial charge < -0.3 is 5.73 Å². The van der Waals surface area contributed by atoms with Crippen LogP contribution in [0.4, 0.5) is 0 Å². The van der Waals surface area contributed by atoms with Crippen LogP contribution in [0, 0.1) is 12.8 Å². The van der Waals surface area contributed by atoms with E-state index in [1.807, 2.05) is 6.92 Å². The van der Waals surface area contributed by atoms with Gasteiger partial charge in [-0.3, -0.25) is 0 Å². The van der Waals surface area contributed by atoms with E-state index in [-0.39, 0.29) is 6.04 Å². The number of nitrogens with zero attached hydrogens (tertiary/aromatic N) is 2. The fourth-order valence-corrected chi connectivity index (χ4v) is 3.04. The highest BCUT2D eigenvalue weighted by Gasteiger charge is 2.20. The average molecular weight is 247 g/mol. The smallest absolute Gasteiger partial charge is 0.0676 e. The first-order valence-corrected chi connectivity index (χ1v) is 7.29. The third kappa shape index (κ3) is 3.29. The van der Waals surface area contributed by atoms with E-state index in [2.05, 4.69) is 23.2 Å². The van der Waals surface area contributed by atoms with E-state index in [4.69, 9.17) is 5.73 Å². The van der Waals surface area contributed by atoms with Crippen LogP contribution in [-0.4, -0.2) is 10.2 Å². The molecule has 0 spiro atoms. The summed E-state index contributed by atoms with van der Waals surface area (Å²) in [5, 5.41) is 8.42. The minimum absolute atomic E-state index is 0.136. The monoisotopic (exact) mass is 247 g/mol. The van der Waals surface area contributed by atoms with E-state index in [1.165, 1.54) is 37.7 Å². The highest BCUT2D eigenvalue weighted by molar-refractivity contribution is 5.24. The van der Waals surface area contributed by atoms with Gasteiger partial charge >= 0.3 is 0 Å². The highest BCUT2D eigenvalue weighted by atomic mass is 15.1. The van der Waals surface area contributed by atoms with Crippen molar-refractivity contribution < 1.29 is 0 Å². The van der Waals surface area contributed by atoms with Crippen LogP contribution in [0.3, 0.4) is 0 Å². The van der Waals surface area contributed by atoms with Gasteiger partial charge in [0.2, 0.25) is 0 Å². The number of nitrogens with two attached hydrogens (primary N) is 1. The lowest BCUT2D eigenvalue weighted by Gasteiger charge is -2.25. The molecule has 1 heterocycles. The Labute approximate surface area is 110 Å². The molecule has 3 nitrogen and oxygen atoms in total. The minimum atomic E-state index is 0.136. The number of hydrogen-bond acceptors (Lipinski definition) is 3. The fraction of sp³-hybridized carbons (Fsp3) is 0.733. The van der Waals surface area contributed by atoms with Crippen LogP contribution in [0.2, 0.25) is 0 Å². The summed E-state index contributed by atoms with van der Waals surface area (Å²) in [7, 11) is 0.